The second-order valence-corrected chi connectivity index (χ2v) is 6.82. The van der Waals surface area contributed by atoms with Crippen molar-refractivity contribution >= 4 is 34.7 Å². The molecule has 0 fully saturated rings. The van der Waals surface area contributed by atoms with Crippen LogP contribution in [-0.2, 0) is 14.3 Å². The SMILES string of the molecule is COCCN1C(=O)C(Nc2cccc(C)c2C)=C(c2ccc(Cl)cc2)C1=O. The first kappa shape index (κ1) is 19.1. The second-order valence-electron chi connectivity index (χ2n) is 6.38. The molecule has 5 nitrogen and oxygen atoms in total. The van der Waals surface area contributed by atoms with Gasteiger partial charge in [0.15, 0.2) is 0 Å². The molecule has 1 aliphatic heterocycles. The molecule has 1 N–H and O–H groups in total. The van der Waals surface area contributed by atoms with E-state index in [-0.39, 0.29) is 30.7 Å². The zero-order valence-corrected chi connectivity index (χ0v) is 16.3. The zero-order valence-electron chi connectivity index (χ0n) is 15.5. The Kier molecular flexibility index (Phi) is 5.63. The Morgan fingerprint density at radius 2 is 1.74 bits per heavy atom. The van der Waals surface area contributed by atoms with Gasteiger partial charge < -0.3 is 10.1 Å². The van der Waals surface area contributed by atoms with Crippen LogP contribution in [-0.4, -0.2) is 37.0 Å². The summed E-state index contributed by atoms with van der Waals surface area (Å²) in [5.74, 6) is -0.699. The maximum absolute atomic E-state index is 13.0. The van der Waals surface area contributed by atoms with Crippen LogP contribution < -0.4 is 5.32 Å². The molecule has 0 spiro atoms. The number of rotatable bonds is 6. The third-order valence-electron chi connectivity index (χ3n) is 4.68. The Labute approximate surface area is 163 Å². The van der Waals surface area contributed by atoms with Gasteiger partial charge in [0, 0.05) is 17.8 Å². The van der Waals surface area contributed by atoms with E-state index < -0.39 is 0 Å². The van der Waals surface area contributed by atoms with Gasteiger partial charge in [-0.05, 0) is 48.7 Å². The van der Waals surface area contributed by atoms with E-state index in [2.05, 4.69) is 5.32 Å². The van der Waals surface area contributed by atoms with Crippen LogP contribution in [0.3, 0.4) is 0 Å². The van der Waals surface area contributed by atoms with Crippen molar-refractivity contribution in [3.8, 4) is 0 Å². The fraction of sp³-hybridized carbons (Fsp3) is 0.238. The highest BCUT2D eigenvalue weighted by Gasteiger charge is 2.39. The monoisotopic (exact) mass is 384 g/mol. The van der Waals surface area contributed by atoms with Gasteiger partial charge in [0.1, 0.15) is 5.70 Å². The summed E-state index contributed by atoms with van der Waals surface area (Å²) in [6.45, 7) is 4.46. The first-order chi connectivity index (χ1) is 12.9. The Morgan fingerprint density at radius 1 is 1.04 bits per heavy atom. The molecule has 2 aromatic rings. The average molecular weight is 385 g/mol. The number of methoxy groups -OCH3 is 1. The number of imide groups is 1. The molecule has 0 saturated heterocycles. The number of carbonyl (C=O) groups is 2. The standard InChI is InChI=1S/C21H21ClN2O3/c1-13-5-4-6-17(14(13)2)23-19-18(15-7-9-16(22)10-8-15)20(25)24(21(19)26)11-12-27-3/h4-10,23H,11-12H2,1-3H3. The number of hydrogen-bond donors (Lipinski definition) is 1. The normalized spacial score (nSPS) is 14.3. The van der Waals surface area contributed by atoms with Crippen LogP contribution in [0.25, 0.3) is 5.57 Å². The van der Waals surface area contributed by atoms with Gasteiger partial charge in [-0.1, -0.05) is 35.9 Å². The molecule has 0 saturated carbocycles. The predicted octanol–water partition coefficient (Wildman–Crippen LogP) is 3.80. The summed E-state index contributed by atoms with van der Waals surface area (Å²) in [6, 6.07) is 12.7. The van der Waals surface area contributed by atoms with Gasteiger partial charge in [-0.25, -0.2) is 0 Å². The number of ether oxygens (including phenoxy) is 1. The number of nitrogens with one attached hydrogen (secondary N) is 1. The molecule has 0 aliphatic carbocycles. The fourth-order valence-electron chi connectivity index (χ4n) is 2.98. The number of anilines is 1. The number of hydrogen-bond acceptors (Lipinski definition) is 4. The van der Waals surface area contributed by atoms with Gasteiger partial charge in [0.05, 0.1) is 18.7 Å². The highest BCUT2D eigenvalue weighted by atomic mass is 35.5. The van der Waals surface area contributed by atoms with E-state index in [1.807, 2.05) is 32.0 Å². The summed E-state index contributed by atoms with van der Waals surface area (Å²) in [6.07, 6.45) is 0. The van der Waals surface area contributed by atoms with Crippen LogP contribution in [0.1, 0.15) is 16.7 Å². The Bertz CT molecular complexity index is 920. The molecule has 0 atom stereocenters. The summed E-state index contributed by atoms with van der Waals surface area (Å²) in [7, 11) is 1.54. The van der Waals surface area contributed by atoms with Crippen LogP contribution >= 0.6 is 11.6 Å². The molecule has 0 aromatic heterocycles. The molecule has 2 aromatic carbocycles. The lowest BCUT2D eigenvalue weighted by Gasteiger charge is -2.15. The van der Waals surface area contributed by atoms with Crippen LogP contribution in [0.15, 0.2) is 48.2 Å². The smallest absolute Gasteiger partial charge is 0.278 e. The van der Waals surface area contributed by atoms with Gasteiger partial charge in [0.2, 0.25) is 0 Å². The van der Waals surface area contributed by atoms with Crippen molar-refractivity contribution in [2.45, 2.75) is 13.8 Å². The van der Waals surface area contributed by atoms with E-state index in [9.17, 15) is 9.59 Å². The van der Waals surface area contributed by atoms with Gasteiger partial charge in [0.25, 0.3) is 11.8 Å². The average Bonchev–Trinajstić information content (AvgIpc) is 2.88. The highest BCUT2D eigenvalue weighted by Crippen LogP contribution is 2.32. The van der Waals surface area contributed by atoms with Crippen molar-refractivity contribution in [3.05, 3.63) is 69.9 Å². The number of amides is 2. The van der Waals surface area contributed by atoms with Crippen LogP contribution in [0.4, 0.5) is 5.69 Å². The number of halogens is 1. The first-order valence-electron chi connectivity index (χ1n) is 8.62. The fourth-order valence-corrected chi connectivity index (χ4v) is 3.11. The summed E-state index contributed by atoms with van der Waals surface area (Å²) in [5.41, 5.74) is 4.18. The van der Waals surface area contributed by atoms with Gasteiger partial charge in [-0.3, -0.25) is 14.5 Å². The maximum Gasteiger partial charge on any atom is 0.278 e. The summed E-state index contributed by atoms with van der Waals surface area (Å²) >= 11 is 5.97. The molecular formula is C21H21ClN2O3. The van der Waals surface area contributed by atoms with E-state index in [1.54, 1.807) is 24.3 Å². The van der Waals surface area contributed by atoms with E-state index in [4.69, 9.17) is 16.3 Å². The molecular weight excluding hydrogens is 364 g/mol. The van der Waals surface area contributed by atoms with Crippen molar-refractivity contribution in [1.29, 1.82) is 0 Å². The van der Waals surface area contributed by atoms with E-state index in [0.717, 1.165) is 16.8 Å². The minimum absolute atomic E-state index is 0.198. The molecule has 140 valence electrons. The van der Waals surface area contributed by atoms with Gasteiger partial charge >= 0.3 is 0 Å². The van der Waals surface area contributed by atoms with Crippen molar-refractivity contribution in [1.82, 2.24) is 4.90 Å². The topological polar surface area (TPSA) is 58.6 Å². The summed E-state index contributed by atoms with van der Waals surface area (Å²) < 4.78 is 5.04. The maximum atomic E-state index is 13.0. The molecule has 27 heavy (non-hydrogen) atoms. The molecule has 0 unspecified atom stereocenters. The first-order valence-corrected chi connectivity index (χ1v) is 9.00. The van der Waals surface area contributed by atoms with Crippen LogP contribution in [0, 0.1) is 13.8 Å². The van der Waals surface area contributed by atoms with E-state index in [1.165, 1.54) is 12.0 Å². The van der Waals surface area contributed by atoms with Crippen LogP contribution in [0.2, 0.25) is 5.02 Å². The zero-order chi connectivity index (χ0) is 19.6. The van der Waals surface area contributed by atoms with E-state index >= 15 is 0 Å². The molecule has 0 bridgehead atoms. The number of carbonyl (C=O) groups excluding carboxylic acids is 2. The summed E-state index contributed by atoms with van der Waals surface area (Å²) in [5, 5.41) is 3.76. The van der Waals surface area contributed by atoms with Gasteiger partial charge in [-0.2, -0.15) is 0 Å². The van der Waals surface area contributed by atoms with E-state index in [0.29, 0.717) is 16.2 Å². The second kappa shape index (κ2) is 7.94. The Morgan fingerprint density at radius 3 is 2.41 bits per heavy atom. The minimum Gasteiger partial charge on any atom is -0.383 e. The van der Waals surface area contributed by atoms with Crippen molar-refractivity contribution in [2.75, 3.05) is 25.6 Å². The lowest BCUT2D eigenvalue weighted by atomic mass is 10.0. The molecule has 3 rings (SSSR count). The largest absolute Gasteiger partial charge is 0.383 e. The number of aryl methyl sites for hydroxylation is 1. The van der Waals surface area contributed by atoms with Crippen LogP contribution in [0.5, 0.6) is 0 Å². The molecule has 0 radical (unpaired) electrons. The molecule has 1 heterocycles. The molecule has 1 aliphatic rings. The lowest BCUT2D eigenvalue weighted by molar-refractivity contribution is -0.137. The quantitative estimate of drug-likeness (QED) is 0.770. The molecule has 6 heteroatoms. The molecule has 2 amide bonds. The minimum atomic E-state index is -0.358. The Balaban J connectivity index is 2.07. The number of nitrogens with zero attached hydrogens (tertiary/aromatic N) is 1. The summed E-state index contributed by atoms with van der Waals surface area (Å²) in [4.78, 5) is 27.2. The third-order valence-corrected chi connectivity index (χ3v) is 4.94. The Hall–Kier alpha value is -2.63. The van der Waals surface area contributed by atoms with Crippen molar-refractivity contribution in [2.24, 2.45) is 0 Å². The third kappa shape index (κ3) is 3.75. The number of benzene rings is 2. The highest BCUT2D eigenvalue weighted by molar-refractivity contribution is 6.37. The predicted molar refractivity (Wildman–Crippen MR) is 107 cm³/mol. The lowest BCUT2D eigenvalue weighted by Crippen LogP contribution is -2.35. The van der Waals surface area contributed by atoms with Gasteiger partial charge in [-0.15, -0.1) is 0 Å². The van der Waals surface area contributed by atoms with Crippen molar-refractivity contribution in [3.63, 3.8) is 0 Å². The van der Waals surface area contributed by atoms with Crippen molar-refractivity contribution < 1.29 is 14.3 Å².